The van der Waals surface area contributed by atoms with E-state index in [1.807, 2.05) is 13.8 Å². The van der Waals surface area contributed by atoms with E-state index in [1.54, 1.807) is 6.07 Å². The van der Waals surface area contributed by atoms with E-state index in [2.05, 4.69) is 4.98 Å². The Hall–Kier alpha value is -0.600. The molecule has 0 N–H and O–H groups in total. The van der Waals surface area contributed by atoms with Crippen molar-refractivity contribution >= 4 is 29.0 Å². The van der Waals surface area contributed by atoms with Crippen LogP contribution in [0.1, 0.15) is 37.2 Å². The van der Waals surface area contributed by atoms with Gasteiger partial charge in [0.15, 0.2) is 5.78 Å². The molecule has 0 aromatic carbocycles. The third-order valence-electron chi connectivity index (χ3n) is 2.21. The zero-order chi connectivity index (χ0) is 11.4. The van der Waals surface area contributed by atoms with Gasteiger partial charge in [0, 0.05) is 12.1 Å². The van der Waals surface area contributed by atoms with Crippen molar-refractivity contribution in [3.63, 3.8) is 0 Å². The summed E-state index contributed by atoms with van der Waals surface area (Å²) in [5, 5.41) is 0.773. The Bertz CT molecular complexity index is 366. The SMILES string of the molecule is CCCC(C)C(=O)c1ncc(Cl)cc1Cl. The Morgan fingerprint density at radius 3 is 2.73 bits per heavy atom. The summed E-state index contributed by atoms with van der Waals surface area (Å²) in [4.78, 5) is 15.8. The number of nitrogens with zero attached hydrogens (tertiary/aromatic N) is 1. The summed E-state index contributed by atoms with van der Waals surface area (Å²) < 4.78 is 0. The maximum absolute atomic E-state index is 11.9. The molecular formula is C11H13Cl2NO. The summed E-state index contributed by atoms with van der Waals surface area (Å²) in [6.45, 7) is 3.93. The Kier molecular flexibility index (Phi) is 4.55. The molecule has 0 saturated carbocycles. The van der Waals surface area contributed by atoms with Gasteiger partial charge in [0.1, 0.15) is 5.69 Å². The first-order valence-electron chi connectivity index (χ1n) is 4.91. The molecule has 15 heavy (non-hydrogen) atoms. The molecule has 0 saturated heterocycles. The van der Waals surface area contributed by atoms with Gasteiger partial charge in [-0.2, -0.15) is 0 Å². The van der Waals surface area contributed by atoms with E-state index in [0.717, 1.165) is 12.8 Å². The normalized spacial score (nSPS) is 12.5. The van der Waals surface area contributed by atoms with Crippen LogP contribution in [-0.4, -0.2) is 10.8 Å². The number of carbonyl (C=O) groups excluding carboxylic acids is 1. The highest BCUT2D eigenvalue weighted by Crippen LogP contribution is 2.22. The molecule has 0 bridgehead atoms. The van der Waals surface area contributed by atoms with Crippen molar-refractivity contribution in [3.8, 4) is 0 Å². The Morgan fingerprint density at radius 1 is 1.53 bits per heavy atom. The van der Waals surface area contributed by atoms with E-state index in [9.17, 15) is 4.79 Å². The van der Waals surface area contributed by atoms with Crippen LogP contribution < -0.4 is 0 Å². The molecule has 0 aliphatic rings. The lowest BCUT2D eigenvalue weighted by molar-refractivity contribution is 0.0918. The Morgan fingerprint density at radius 2 is 2.20 bits per heavy atom. The van der Waals surface area contributed by atoms with Crippen LogP contribution in [0.25, 0.3) is 0 Å². The molecule has 0 fully saturated rings. The van der Waals surface area contributed by atoms with Crippen LogP contribution in [0.3, 0.4) is 0 Å². The van der Waals surface area contributed by atoms with E-state index in [-0.39, 0.29) is 11.7 Å². The molecule has 0 spiro atoms. The second-order valence-electron chi connectivity index (χ2n) is 3.54. The van der Waals surface area contributed by atoms with Gasteiger partial charge in [0.2, 0.25) is 0 Å². The van der Waals surface area contributed by atoms with Gasteiger partial charge in [-0.15, -0.1) is 0 Å². The van der Waals surface area contributed by atoms with E-state index in [0.29, 0.717) is 15.7 Å². The number of hydrogen-bond acceptors (Lipinski definition) is 2. The first-order valence-corrected chi connectivity index (χ1v) is 5.67. The average Bonchev–Trinajstić information content (AvgIpc) is 2.17. The van der Waals surface area contributed by atoms with Gasteiger partial charge in [0.05, 0.1) is 10.0 Å². The number of carbonyl (C=O) groups is 1. The highest BCUT2D eigenvalue weighted by atomic mass is 35.5. The highest BCUT2D eigenvalue weighted by molar-refractivity contribution is 6.36. The molecule has 0 aliphatic heterocycles. The summed E-state index contributed by atoms with van der Waals surface area (Å²) in [6, 6.07) is 1.54. The van der Waals surface area contributed by atoms with Gasteiger partial charge in [-0.25, -0.2) is 4.98 Å². The largest absolute Gasteiger partial charge is 0.292 e. The molecule has 4 heteroatoms. The standard InChI is InChI=1S/C11H13Cl2NO/c1-3-4-7(2)11(15)10-9(13)5-8(12)6-14-10/h5-7H,3-4H2,1-2H3. The van der Waals surface area contributed by atoms with Gasteiger partial charge in [-0.3, -0.25) is 4.79 Å². The predicted molar refractivity (Wildman–Crippen MR) is 62.7 cm³/mol. The maximum Gasteiger partial charge on any atom is 0.185 e. The lowest BCUT2D eigenvalue weighted by atomic mass is 9.98. The van der Waals surface area contributed by atoms with Gasteiger partial charge in [-0.05, 0) is 12.5 Å². The third-order valence-corrected chi connectivity index (χ3v) is 2.71. The fourth-order valence-corrected chi connectivity index (χ4v) is 1.87. The van der Waals surface area contributed by atoms with E-state index in [1.165, 1.54) is 6.20 Å². The zero-order valence-corrected chi connectivity index (χ0v) is 10.3. The third kappa shape index (κ3) is 3.18. The number of hydrogen-bond donors (Lipinski definition) is 0. The van der Waals surface area contributed by atoms with Crippen molar-refractivity contribution < 1.29 is 4.79 Å². The fraction of sp³-hybridized carbons (Fsp3) is 0.455. The van der Waals surface area contributed by atoms with Gasteiger partial charge >= 0.3 is 0 Å². The molecule has 1 unspecified atom stereocenters. The molecule has 82 valence electrons. The van der Waals surface area contributed by atoms with Crippen LogP contribution in [0.15, 0.2) is 12.3 Å². The van der Waals surface area contributed by atoms with Crippen molar-refractivity contribution in [2.75, 3.05) is 0 Å². The number of ketones is 1. The number of Topliss-reactive ketones (excluding diaryl/α,β-unsaturated/α-hetero) is 1. The minimum atomic E-state index is -0.0406. The fourth-order valence-electron chi connectivity index (χ4n) is 1.39. The first kappa shape index (κ1) is 12.5. The average molecular weight is 246 g/mol. The van der Waals surface area contributed by atoms with Crippen LogP contribution in [0, 0.1) is 5.92 Å². The van der Waals surface area contributed by atoms with Crippen LogP contribution in [-0.2, 0) is 0 Å². The lowest BCUT2D eigenvalue weighted by Gasteiger charge is -2.09. The monoisotopic (exact) mass is 245 g/mol. The molecule has 0 amide bonds. The maximum atomic E-state index is 11.9. The summed E-state index contributed by atoms with van der Waals surface area (Å²) in [5.74, 6) is -0.0558. The highest BCUT2D eigenvalue weighted by Gasteiger charge is 2.18. The Labute approximate surface area is 99.6 Å². The van der Waals surface area contributed by atoms with E-state index < -0.39 is 0 Å². The summed E-state index contributed by atoms with van der Waals surface area (Å²) >= 11 is 11.6. The minimum Gasteiger partial charge on any atom is -0.292 e. The topological polar surface area (TPSA) is 30.0 Å². The van der Waals surface area contributed by atoms with Crippen LogP contribution in [0.5, 0.6) is 0 Å². The summed E-state index contributed by atoms with van der Waals surface area (Å²) in [7, 11) is 0. The van der Waals surface area contributed by atoms with Crippen LogP contribution in [0.2, 0.25) is 10.0 Å². The molecule has 1 aromatic heterocycles. The van der Waals surface area contributed by atoms with Gasteiger partial charge in [0.25, 0.3) is 0 Å². The molecule has 1 aromatic rings. The first-order chi connectivity index (χ1) is 7.06. The van der Waals surface area contributed by atoms with Gasteiger partial charge < -0.3 is 0 Å². The molecule has 0 radical (unpaired) electrons. The number of aromatic nitrogens is 1. The number of halogens is 2. The van der Waals surface area contributed by atoms with Crippen molar-refractivity contribution in [2.45, 2.75) is 26.7 Å². The molecular weight excluding hydrogens is 233 g/mol. The summed E-state index contributed by atoms with van der Waals surface area (Å²) in [5.41, 5.74) is 0.321. The van der Waals surface area contributed by atoms with Crippen LogP contribution in [0.4, 0.5) is 0 Å². The van der Waals surface area contributed by atoms with Crippen LogP contribution >= 0.6 is 23.2 Å². The smallest absolute Gasteiger partial charge is 0.185 e. The van der Waals surface area contributed by atoms with Crippen molar-refractivity contribution in [1.29, 1.82) is 0 Å². The second-order valence-corrected chi connectivity index (χ2v) is 4.38. The van der Waals surface area contributed by atoms with Crippen molar-refractivity contribution in [1.82, 2.24) is 4.98 Å². The van der Waals surface area contributed by atoms with Crippen molar-refractivity contribution in [3.05, 3.63) is 28.0 Å². The molecule has 1 heterocycles. The van der Waals surface area contributed by atoms with E-state index in [4.69, 9.17) is 23.2 Å². The summed E-state index contributed by atoms with van der Waals surface area (Å²) in [6.07, 6.45) is 3.26. The predicted octanol–water partition coefficient (Wildman–Crippen LogP) is 4.01. The molecule has 1 atom stereocenters. The minimum absolute atomic E-state index is 0.0153. The lowest BCUT2D eigenvalue weighted by Crippen LogP contribution is -2.13. The number of rotatable bonds is 4. The zero-order valence-electron chi connectivity index (χ0n) is 8.76. The molecule has 0 aliphatic carbocycles. The van der Waals surface area contributed by atoms with Gasteiger partial charge in [-0.1, -0.05) is 43.5 Å². The molecule has 1 rings (SSSR count). The quantitative estimate of drug-likeness (QED) is 0.751. The van der Waals surface area contributed by atoms with Crippen molar-refractivity contribution in [2.24, 2.45) is 5.92 Å². The molecule has 2 nitrogen and oxygen atoms in total. The Balaban J connectivity index is 2.91. The van der Waals surface area contributed by atoms with E-state index >= 15 is 0 Å². The number of pyridine rings is 1. The second kappa shape index (κ2) is 5.47.